The minimum absolute atomic E-state index is 0.227. The van der Waals surface area contributed by atoms with Crippen molar-refractivity contribution in [2.75, 3.05) is 13.1 Å². The van der Waals surface area contributed by atoms with Gasteiger partial charge in [-0.25, -0.2) is 0 Å². The van der Waals surface area contributed by atoms with E-state index in [0.29, 0.717) is 12.3 Å². The van der Waals surface area contributed by atoms with Crippen molar-refractivity contribution in [3.05, 3.63) is 65.7 Å². The monoisotopic (exact) mass is 299 g/mol. The van der Waals surface area contributed by atoms with Gasteiger partial charge >= 0.3 is 5.97 Å². The molecule has 2 N–H and O–H groups in total. The van der Waals surface area contributed by atoms with Crippen molar-refractivity contribution in [1.29, 1.82) is 0 Å². The average molecular weight is 299 g/mol. The third-order valence-corrected chi connectivity index (χ3v) is 3.25. The van der Waals surface area contributed by atoms with E-state index in [0.717, 1.165) is 17.7 Å². The summed E-state index contributed by atoms with van der Waals surface area (Å²) in [6, 6.07) is 16.5. The largest absolute Gasteiger partial charge is 0.426 e. The van der Waals surface area contributed by atoms with Crippen molar-refractivity contribution in [2.24, 2.45) is 0 Å². The highest BCUT2D eigenvalue weighted by atomic mass is 16.5. The van der Waals surface area contributed by atoms with Crippen LogP contribution in [-0.4, -0.2) is 24.2 Å². The van der Waals surface area contributed by atoms with E-state index < -0.39 is 6.10 Å². The lowest BCUT2D eigenvalue weighted by molar-refractivity contribution is -0.133. The van der Waals surface area contributed by atoms with Crippen LogP contribution in [0.2, 0.25) is 0 Å². The number of rotatable bonds is 7. The second-order valence-electron chi connectivity index (χ2n) is 5.03. The fraction of sp³-hybridized carbons (Fsp3) is 0.278. The van der Waals surface area contributed by atoms with Gasteiger partial charge in [-0.3, -0.25) is 4.79 Å². The normalized spacial score (nSPS) is 11.9. The van der Waals surface area contributed by atoms with Gasteiger partial charge in [0.15, 0.2) is 0 Å². The lowest BCUT2D eigenvalue weighted by Gasteiger charge is -2.12. The third kappa shape index (κ3) is 4.98. The fourth-order valence-electron chi connectivity index (χ4n) is 2.11. The molecule has 22 heavy (non-hydrogen) atoms. The first kappa shape index (κ1) is 16.2. The molecule has 116 valence electrons. The zero-order chi connectivity index (χ0) is 15.8. The van der Waals surface area contributed by atoms with Gasteiger partial charge in [0.05, 0.1) is 12.5 Å². The Morgan fingerprint density at radius 2 is 1.95 bits per heavy atom. The van der Waals surface area contributed by atoms with E-state index in [4.69, 9.17) is 4.74 Å². The first-order chi connectivity index (χ1) is 10.7. The lowest BCUT2D eigenvalue weighted by Crippen LogP contribution is -2.21. The molecule has 1 atom stereocenters. The average Bonchev–Trinajstić information content (AvgIpc) is 2.53. The van der Waals surface area contributed by atoms with Gasteiger partial charge in [-0.2, -0.15) is 0 Å². The molecule has 0 fully saturated rings. The van der Waals surface area contributed by atoms with E-state index >= 15 is 0 Å². The van der Waals surface area contributed by atoms with Gasteiger partial charge in [-0.1, -0.05) is 49.4 Å². The molecule has 4 heteroatoms. The molecule has 2 rings (SSSR count). The Balaban J connectivity index is 1.96. The molecule has 0 heterocycles. The van der Waals surface area contributed by atoms with Gasteiger partial charge < -0.3 is 15.2 Å². The van der Waals surface area contributed by atoms with Crippen LogP contribution in [0, 0.1) is 0 Å². The van der Waals surface area contributed by atoms with Crippen molar-refractivity contribution < 1.29 is 14.6 Å². The third-order valence-electron chi connectivity index (χ3n) is 3.25. The van der Waals surface area contributed by atoms with Gasteiger partial charge in [-0.15, -0.1) is 0 Å². The first-order valence-electron chi connectivity index (χ1n) is 7.42. The predicted octanol–water partition coefficient (Wildman–Crippen LogP) is 2.48. The number of ether oxygens (including phenoxy) is 1. The summed E-state index contributed by atoms with van der Waals surface area (Å²) < 4.78 is 5.34. The van der Waals surface area contributed by atoms with Gasteiger partial charge in [0.2, 0.25) is 0 Å². The van der Waals surface area contributed by atoms with Crippen molar-refractivity contribution in [3.8, 4) is 5.75 Å². The molecule has 0 aliphatic rings. The summed E-state index contributed by atoms with van der Waals surface area (Å²) in [5.41, 5.74) is 1.64. The molecule has 4 nitrogen and oxygen atoms in total. The van der Waals surface area contributed by atoms with Crippen molar-refractivity contribution in [2.45, 2.75) is 19.4 Å². The second-order valence-corrected chi connectivity index (χ2v) is 5.03. The number of hydrogen-bond acceptors (Lipinski definition) is 4. The standard InChI is InChI=1S/C18H21NO3/c1-2-19-13-17(20)15-9-6-10-16(12-15)22-18(21)11-14-7-4-3-5-8-14/h3-10,12,17,19-20H,2,11,13H2,1H3. The van der Waals surface area contributed by atoms with Crippen LogP contribution in [0.1, 0.15) is 24.2 Å². The van der Waals surface area contributed by atoms with E-state index in [1.54, 1.807) is 18.2 Å². The number of hydrogen-bond donors (Lipinski definition) is 2. The van der Waals surface area contributed by atoms with Crippen LogP contribution in [-0.2, 0) is 11.2 Å². The van der Waals surface area contributed by atoms with E-state index in [1.807, 2.05) is 43.3 Å². The van der Waals surface area contributed by atoms with Crippen molar-refractivity contribution >= 4 is 5.97 Å². The Kier molecular flexibility index (Phi) is 6.13. The number of benzene rings is 2. The number of aliphatic hydroxyl groups excluding tert-OH is 1. The molecule has 0 spiro atoms. The Morgan fingerprint density at radius 1 is 1.18 bits per heavy atom. The summed E-state index contributed by atoms with van der Waals surface area (Å²) in [6.07, 6.45) is -0.391. The van der Waals surface area contributed by atoms with Gasteiger partial charge in [0, 0.05) is 6.54 Å². The fourth-order valence-corrected chi connectivity index (χ4v) is 2.11. The van der Waals surface area contributed by atoms with E-state index in [2.05, 4.69) is 5.32 Å². The van der Waals surface area contributed by atoms with E-state index in [9.17, 15) is 9.90 Å². The van der Waals surface area contributed by atoms with Gasteiger partial charge in [-0.05, 0) is 29.8 Å². The highest BCUT2D eigenvalue weighted by molar-refractivity contribution is 5.75. The molecule has 0 radical (unpaired) electrons. The van der Waals surface area contributed by atoms with Gasteiger partial charge in [0.25, 0.3) is 0 Å². The predicted molar refractivity (Wildman–Crippen MR) is 85.7 cm³/mol. The number of aliphatic hydroxyl groups is 1. The quantitative estimate of drug-likeness (QED) is 0.609. The summed E-state index contributed by atoms with van der Waals surface area (Å²) >= 11 is 0. The summed E-state index contributed by atoms with van der Waals surface area (Å²) in [6.45, 7) is 3.25. The lowest BCUT2D eigenvalue weighted by atomic mass is 10.1. The molecular weight excluding hydrogens is 278 g/mol. The zero-order valence-corrected chi connectivity index (χ0v) is 12.7. The van der Waals surface area contributed by atoms with Gasteiger partial charge in [0.1, 0.15) is 5.75 Å². The number of carbonyl (C=O) groups is 1. The molecule has 0 saturated heterocycles. The summed E-state index contributed by atoms with van der Waals surface area (Å²) in [4.78, 5) is 11.9. The van der Waals surface area contributed by atoms with Crippen LogP contribution in [0.5, 0.6) is 5.75 Å². The number of nitrogens with one attached hydrogen (secondary N) is 1. The SMILES string of the molecule is CCNCC(O)c1cccc(OC(=O)Cc2ccccc2)c1. The van der Waals surface area contributed by atoms with Crippen molar-refractivity contribution in [1.82, 2.24) is 5.32 Å². The minimum Gasteiger partial charge on any atom is -0.426 e. The van der Waals surface area contributed by atoms with Crippen LogP contribution < -0.4 is 10.1 Å². The molecule has 1 unspecified atom stereocenters. The molecule has 0 amide bonds. The maximum absolute atomic E-state index is 11.9. The number of esters is 1. The molecule has 2 aromatic rings. The Bertz CT molecular complexity index is 598. The number of likely N-dealkylation sites (N-methyl/N-ethyl adjacent to an activating group) is 1. The van der Waals surface area contributed by atoms with Crippen molar-refractivity contribution in [3.63, 3.8) is 0 Å². The maximum atomic E-state index is 11.9. The minimum atomic E-state index is -0.618. The highest BCUT2D eigenvalue weighted by Gasteiger charge is 2.10. The molecule has 0 aliphatic heterocycles. The van der Waals surface area contributed by atoms with Crippen LogP contribution >= 0.6 is 0 Å². The molecule has 0 saturated carbocycles. The van der Waals surface area contributed by atoms with Crippen LogP contribution in [0.15, 0.2) is 54.6 Å². The summed E-state index contributed by atoms with van der Waals surface area (Å²) in [5, 5.41) is 13.1. The zero-order valence-electron chi connectivity index (χ0n) is 12.7. The van der Waals surface area contributed by atoms with Crippen LogP contribution in [0.3, 0.4) is 0 Å². The molecule has 0 aromatic heterocycles. The molecular formula is C18H21NO3. The smallest absolute Gasteiger partial charge is 0.315 e. The number of carbonyl (C=O) groups excluding carboxylic acids is 1. The Hall–Kier alpha value is -2.17. The second kappa shape index (κ2) is 8.32. The van der Waals surface area contributed by atoms with Crippen LogP contribution in [0.25, 0.3) is 0 Å². The molecule has 0 aliphatic carbocycles. The maximum Gasteiger partial charge on any atom is 0.315 e. The highest BCUT2D eigenvalue weighted by Crippen LogP contribution is 2.19. The van der Waals surface area contributed by atoms with Crippen LogP contribution in [0.4, 0.5) is 0 Å². The summed E-state index contributed by atoms with van der Waals surface area (Å²) in [7, 11) is 0. The summed E-state index contributed by atoms with van der Waals surface area (Å²) in [5.74, 6) is 0.138. The Labute approximate surface area is 130 Å². The Morgan fingerprint density at radius 3 is 2.68 bits per heavy atom. The van der Waals surface area contributed by atoms with E-state index in [-0.39, 0.29) is 12.4 Å². The van der Waals surface area contributed by atoms with E-state index in [1.165, 1.54) is 0 Å². The topological polar surface area (TPSA) is 58.6 Å². The molecule has 2 aromatic carbocycles. The molecule has 0 bridgehead atoms. The first-order valence-corrected chi connectivity index (χ1v) is 7.42.